The van der Waals surface area contributed by atoms with E-state index in [-0.39, 0.29) is 5.91 Å². The molecular formula is C13H15N3OS. The van der Waals surface area contributed by atoms with Crippen molar-refractivity contribution in [2.75, 3.05) is 18.4 Å². The zero-order valence-corrected chi connectivity index (χ0v) is 11.0. The highest BCUT2D eigenvalue weighted by atomic mass is 32.1. The smallest absolute Gasteiger partial charge is 0.238 e. The first-order chi connectivity index (χ1) is 8.79. The van der Waals surface area contributed by atoms with Crippen molar-refractivity contribution in [2.24, 2.45) is 0 Å². The molecule has 0 saturated carbocycles. The van der Waals surface area contributed by atoms with E-state index < -0.39 is 0 Å². The van der Waals surface area contributed by atoms with Crippen molar-refractivity contribution in [1.29, 1.82) is 0 Å². The van der Waals surface area contributed by atoms with Crippen LogP contribution in [-0.4, -0.2) is 24.0 Å². The molecule has 1 amide bonds. The van der Waals surface area contributed by atoms with Crippen LogP contribution >= 0.6 is 11.3 Å². The number of aromatic nitrogens is 1. The van der Waals surface area contributed by atoms with E-state index in [1.807, 2.05) is 36.6 Å². The van der Waals surface area contributed by atoms with Crippen LogP contribution < -0.4 is 10.6 Å². The van der Waals surface area contributed by atoms with Gasteiger partial charge in [-0.15, -0.1) is 11.3 Å². The first kappa shape index (κ1) is 12.7. The maximum Gasteiger partial charge on any atom is 0.238 e. The molecule has 0 aliphatic heterocycles. The predicted octanol–water partition coefficient (Wildman–Crippen LogP) is 2.36. The van der Waals surface area contributed by atoms with Gasteiger partial charge in [-0.1, -0.05) is 6.92 Å². The Labute approximate surface area is 110 Å². The largest absolute Gasteiger partial charge is 0.325 e. The van der Waals surface area contributed by atoms with E-state index in [0.717, 1.165) is 22.8 Å². The average Bonchev–Trinajstić information content (AvgIpc) is 2.91. The highest BCUT2D eigenvalue weighted by Gasteiger charge is 2.03. The van der Waals surface area contributed by atoms with Crippen molar-refractivity contribution in [3.05, 3.63) is 35.8 Å². The lowest BCUT2D eigenvalue weighted by Gasteiger charge is -2.06. The van der Waals surface area contributed by atoms with Crippen LogP contribution in [-0.2, 0) is 4.79 Å². The maximum atomic E-state index is 11.5. The molecule has 4 nitrogen and oxygen atoms in total. The van der Waals surface area contributed by atoms with Crippen molar-refractivity contribution in [2.45, 2.75) is 6.92 Å². The topological polar surface area (TPSA) is 54.0 Å². The van der Waals surface area contributed by atoms with E-state index in [9.17, 15) is 4.79 Å². The molecule has 1 heterocycles. The number of hydrogen-bond donors (Lipinski definition) is 2. The number of likely N-dealkylation sites (N-methyl/N-ethyl adjacent to an activating group) is 1. The number of benzene rings is 1. The summed E-state index contributed by atoms with van der Waals surface area (Å²) in [5, 5.41) is 8.74. The summed E-state index contributed by atoms with van der Waals surface area (Å²) >= 11 is 1.60. The molecule has 2 aromatic rings. The normalized spacial score (nSPS) is 10.3. The van der Waals surface area contributed by atoms with Gasteiger partial charge in [-0.3, -0.25) is 4.79 Å². The predicted molar refractivity (Wildman–Crippen MR) is 74.7 cm³/mol. The Kier molecular flexibility index (Phi) is 4.44. The summed E-state index contributed by atoms with van der Waals surface area (Å²) in [4.78, 5) is 15.7. The van der Waals surface area contributed by atoms with Gasteiger partial charge in [0.2, 0.25) is 5.91 Å². The standard InChI is InChI=1S/C13H15N3OS/c1-2-14-9-12(17)16-11-5-3-10(4-6-11)13-15-7-8-18-13/h3-8,14H,2,9H2,1H3,(H,16,17). The van der Waals surface area contributed by atoms with Gasteiger partial charge in [0.1, 0.15) is 5.01 Å². The fourth-order valence-corrected chi connectivity index (χ4v) is 2.15. The Morgan fingerprint density at radius 1 is 1.33 bits per heavy atom. The molecule has 0 aliphatic rings. The Morgan fingerprint density at radius 3 is 2.72 bits per heavy atom. The third-order valence-electron chi connectivity index (χ3n) is 2.38. The Morgan fingerprint density at radius 2 is 2.11 bits per heavy atom. The molecule has 5 heteroatoms. The first-order valence-corrected chi connectivity index (χ1v) is 6.68. The van der Waals surface area contributed by atoms with Crippen LogP contribution in [0.2, 0.25) is 0 Å². The zero-order valence-electron chi connectivity index (χ0n) is 10.1. The van der Waals surface area contributed by atoms with Gasteiger partial charge in [-0.25, -0.2) is 4.98 Å². The molecular weight excluding hydrogens is 246 g/mol. The molecule has 18 heavy (non-hydrogen) atoms. The molecule has 2 N–H and O–H groups in total. The summed E-state index contributed by atoms with van der Waals surface area (Å²) in [7, 11) is 0. The third kappa shape index (κ3) is 3.38. The van der Waals surface area contributed by atoms with Crippen LogP contribution in [0, 0.1) is 0 Å². The molecule has 1 aromatic carbocycles. The minimum atomic E-state index is -0.0288. The summed E-state index contributed by atoms with van der Waals surface area (Å²) in [5.41, 5.74) is 1.87. The molecule has 0 bridgehead atoms. The van der Waals surface area contributed by atoms with Crippen LogP contribution in [0.5, 0.6) is 0 Å². The molecule has 0 spiro atoms. The molecule has 94 valence electrons. The Hall–Kier alpha value is -1.72. The van der Waals surface area contributed by atoms with Crippen LogP contribution in [0.4, 0.5) is 5.69 Å². The molecule has 0 unspecified atom stereocenters. The lowest BCUT2D eigenvalue weighted by atomic mass is 10.2. The second-order valence-electron chi connectivity index (χ2n) is 3.74. The summed E-state index contributed by atoms with van der Waals surface area (Å²) in [5.74, 6) is -0.0288. The van der Waals surface area contributed by atoms with Gasteiger partial charge >= 0.3 is 0 Å². The van der Waals surface area contributed by atoms with Gasteiger partial charge in [-0.05, 0) is 30.8 Å². The van der Waals surface area contributed by atoms with Crippen LogP contribution in [0.3, 0.4) is 0 Å². The molecule has 0 fully saturated rings. The number of nitrogens with one attached hydrogen (secondary N) is 2. The van der Waals surface area contributed by atoms with Crippen molar-refractivity contribution in [3.63, 3.8) is 0 Å². The van der Waals surface area contributed by atoms with Crippen molar-refractivity contribution in [3.8, 4) is 10.6 Å². The van der Waals surface area contributed by atoms with Crippen LogP contribution in [0.25, 0.3) is 10.6 Å². The molecule has 0 atom stereocenters. The molecule has 0 saturated heterocycles. The number of carbonyl (C=O) groups is 1. The van der Waals surface area contributed by atoms with E-state index in [2.05, 4.69) is 15.6 Å². The van der Waals surface area contributed by atoms with Crippen LogP contribution in [0.15, 0.2) is 35.8 Å². The summed E-state index contributed by atoms with van der Waals surface area (Å²) in [6, 6.07) is 7.70. The number of anilines is 1. The lowest BCUT2D eigenvalue weighted by molar-refractivity contribution is -0.115. The van der Waals surface area contributed by atoms with Gasteiger partial charge < -0.3 is 10.6 Å². The van der Waals surface area contributed by atoms with Crippen molar-refractivity contribution < 1.29 is 4.79 Å². The Bertz CT molecular complexity index is 493. The molecule has 0 radical (unpaired) electrons. The summed E-state index contributed by atoms with van der Waals surface area (Å²) < 4.78 is 0. The van der Waals surface area contributed by atoms with Gasteiger partial charge in [0.05, 0.1) is 6.54 Å². The second kappa shape index (κ2) is 6.28. The first-order valence-electron chi connectivity index (χ1n) is 5.80. The average molecular weight is 261 g/mol. The zero-order chi connectivity index (χ0) is 12.8. The van der Waals surface area contributed by atoms with Gasteiger partial charge in [0.25, 0.3) is 0 Å². The minimum absolute atomic E-state index is 0.0288. The quantitative estimate of drug-likeness (QED) is 0.868. The van der Waals surface area contributed by atoms with E-state index in [0.29, 0.717) is 6.54 Å². The minimum Gasteiger partial charge on any atom is -0.325 e. The lowest BCUT2D eigenvalue weighted by Crippen LogP contribution is -2.27. The number of hydrogen-bond acceptors (Lipinski definition) is 4. The monoisotopic (exact) mass is 261 g/mol. The highest BCUT2D eigenvalue weighted by molar-refractivity contribution is 7.13. The number of amides is 1. The maximum absolute atomic E-state index is 11.5. The van der Waals surface area contributed by atoms with E-state index in [1.165, 1.54) is 0 Å². The Balaban J connectivity index is 1.98. The van der Waals surface area contributed by atoms with Gasteiger partial charge in [0, 0.05) is 22.8 Å². The van der Waals surface area contributed by atoms with Crippen molar-refractivity contribution in [1.82, 2.24) is 10.3 Å². The van der Waals surface area contributed by atoms with E-state index in [1.54, 1.807) is 17.5 Å². The van der Waals surface area contributed by atoms with Crippen molar-refractivity contribution >= 4 is 22.9 Å². The number of thiazole rings is 1. The summed E-state index contributed by atoms with van der Waals surface area (Å²) in [6.07, 6.45) is 1.78. The number of nitrogens with zero attached hydrogens (tertiary/aromatic N) is 1. The number of rotatable bonds is 5. The fourth-order valence-electron chi connectivity index (χ4n) is 1.51. The molecule has 1 aromatic heterocycles. The highest BCUT2D eigenvalue weighted by Crippen LogP contribution is 2.23. The van der Waals surface area contributed by atoms with Crippen LogP contribution in [0.1, 0.15) is 6.92 Å². The fraction of sp³-hybridized carbons (Fsp3) is 0.231. The third-order valence-corrected chi connectivity index (χ3v) is 3.21. The van der Waals surface area contributed by atoms with E-state index in [4.69, 9.17) is 0 Å². The summed E-state index contributed by atoms with van der Waals surface area (Å²) in [6.45, 7) is 3.09. The molecule has 0 aliphatic carbocycles. The number of carbonyl (C=O) groups excluding carboxylic acids is 1. The SMILES string of the molecule is CCNCC(=O)Nc1ccc(-c2nccs2)cc1. The van der Waals surface area contributed by atoms with Gasteiger partial charge in [0.15, 0.2) is 0 Å². The van der Waals surface area contributed by atoms with E-state index >= 15 is 0 Å². The molecule has 2 rings (SSSR count). The second-order valence-corrected chi connectivity index (χ2v) is 4.64. The van der Waals surface area contributed by atoms with Gasteiger partial charge in [-0.2, -0.15) is 0 Å².